The van der Waals surface area contributed by atoms with Gasteiger partial charge in [0.05, 0.1) is 35.8 Å². The monoisotopic (exact) mass is 358 g/mol. The van der Waals surface area contributed by atoms with Gasteiger partial charge in [0, 0.05) is 17.2 Å². The van der Waals surface area contributed by atoms with E-state index < -0.39 is 0 Å². The summed E-state index contributed by atoms with van der Waals surface area (Å²) in [7, 11) is 0. The number of imidazole rings is 1. The van der Waals surface area contributed by atoms with Gasteiger partial charge in [0.15, 0.2) is 6.79 Å². The summed E-state index contributed by atoms with van der Waals surface area (Å²) in [5, 5.41) is 0.762. The lowest BCUT2D eigenvalue weighted by Gasteiger charge is -2.28. The molecule has 2 aliphatic rings. The number of hydrogen-bond donors (Lipinski definition) is 2. The molecule has 0 saturated heterocycles. The number of allylic oxidation sites excluding steroid dienone is 2. The minimum atomic E-state index is -0.183. The SMILES string of the molecule is O=c1[nH]c2c3cc[nH]c3ncc2n1CC1=CC(Cl)CC2=C1OCOC2. The minimum Gasteiger partial charge on any atom is -0.467 e. The van der Waals surface area contributed by atoms with Crippen molar-refractivity contribution < 1.29 is 9.47 Å². The topological polar surface area (TPSA) is 84.9 Å². The van der Waals surface area contributed by atoms with E-state index in [4.69, 9.17) is 21.1 Å². The normalized spacial score (nSPS) is 20.7. The third kappa shape index (κ3) is 2.31. The van der Waals surface area contributed by atoms with Crippen LogP contribution in [-0.4, -0.2) is 38.3 Å². The molecule has 0 spiro atoms. The number of alkyl halides is 1. The van der Waals surface area contributed by atoms with Crippen molar-refractivity contribution in [1.82, 2.24) is 19.5 Å². The second-order valence-corrected chi connectivity index (χ2v) is 6.79. The molecule has 128 valence electrons. The number of aromatic amines is 2. The van der Waals surface area contributed by atoms with Crippen LogP contribution < -0.4 is 5.69 Å². The molecule has 3 aromatic heterocycles. The number of H-pyrrole nitrogens is 2. The van der Waals surface area contributed by atoms with E-state index in [0.29, 0.717) is 19.6 Å². The van der Waals surface area contributed by atoms with Crippen molar-refractivity contribution in [3.63, 3.8) is 0 Å². The van der Waals surface area contributed by atoms with E-state index in [1.54, 1.807) is 10.8 Å². The molecule has 0 aromatic carbocycles. The Morgan fingerprint density at radius 1 is 1.44 bits per heavy atom. The molecule has 25 heavy (non-hydrogen) atoms. The first-order valence-corrected chi connectivity index (χ1v) is 8.46. The van der Waals surface area contributed by atoms with Gasteiger partial charge in [-0.15, -0.1) is 11.6 Å². The van der Waals surface area contributed by atoms with E-state index in [-0.39, 0.29) is 17.9 Å². The van der Waals surface area contributed by atoms with Gasteiger partial charge in [0.2, 0.25) is 0 Å². The molecule has 0 saturated carbocycles. The molecule has 7 nitrogen and oxygen atoms in total. The van der Waals surface area contributed by atoms with Crippen LogP contribution >= 0.6 is 11.6 Å². The average Bonchev–Trinajstić information content (AvgIpc) is 3.19. The number of nitrogens with one attached hydrogen (secondary N) is 2. The maximum Gasteiger partial charge on any atom is 0.326 e. The molecule has 1 unspecified atom stereocenters. The lowest BCUT2D eigenvalue weighted by atomic mass is 9.96. The summed E-state index contributed by atoms with van der Waals surface area (Å²) in [6, 6.07) is 1.90. The molecular formula is C17H15ClN4O3. The predicted octanol–water partition coefficient (Wildman–Crippen LogP) is 2.40. The van der Waals surface area contributed by atoms with Crippen LogP contribution in [0.2, 0.25) is 0 Å². The summed E-state index contributed by atoms with van der Waals surface area (Å²) < 4.78 is 12.7. The molecule has 0 fully saturated rings. The molecule has 4 heterocycles. The first-order chi connectivity index (χ1) is 12.2. The van der Waals surface area contributed by atoms with Crippen LogP contribution in [0.25, 0.3) is 22.1 Å². The number of ether oxygens (including phenoxy) is 2. The zero-order chi connectivity index (χ0) is 17.0. The van der Waals surface area contributed by atoms with E-state index in [1.807, 2.05) is 18.3 Å². The van der Waals surface area contributed by atoms with E-state index >= 15 is 0 Å². The number of pyridine rings is 1. The number of hydrogen-bond acceptors (Lipinski definition) is 4. The first-order valence-electron chi connectivity index (χ1n) is 8.03. The van der Waals surface area contributed by atoms with Gasteiger partial charge in [-0.2, -0.15) is 0 Å². The quantitative estimate of drug-likeness (QED) is 0.689. The van der Waals surface area contributed by atoms with Crippen LogP contribution in [0.1, 0.15) is 6.42 Å². The zero-order valence-corrected chi connectivity index (χ0v) is 14.0. The van der Waals surface area contributed by atoms with Crippen LogP contribution in [0.3, 0.4) is 0 Å². The van der Waals surface area contributed by atoms with Crippen LogP contribution in [0.15, 0.2) is 46.2 Å². The van der Waals surface area contributed by atoms with Gasteiger partial charge < -0.3 is 19.4 Å². The second kappa shape index (κ2) is 5.50. The third-order valence-electron chi connectivity index (χ3n) is 4.66. The van der Waals surface area contributed by atoms with Gasteiger partial charge in [0.25, 0.3) is 0 Å². The minimum absolute atomic E-state index is 0.130. The number of aromatic nitrogens is 4. The molecule has 2 N–H and O–H groups in total. The van der Waals surface area contributed by atoms with Gasteiger partial charge >= 0.3 is 5.69 Å². The largest absolute Gasteiger partial charge is 0.467 e. The average molecular weight is 359 g/mol. The predicted molar refractivity (Wildman–Crippen MR) is 93.5 cm³/mol. The molecular weight excluding hydrogens is 344 g/mol. The smallest absolute Gasteiger partial charge is 0.326 e. The highest BCUT2D eigenvalue weighted by Crippen LogP contribution is 2.32. The first kappa shape index (κ1) is 14.8. The molecule has 1 aliphatic carbocycles. The Labute approximate surface area is 146 Å². The summed E-state index contributed by atoms with van der Waals surface area (Å²) in [5.41, 5.74) is 4.04. The Bertz CT molecular complexity index is 1100. The summed E-state index contributed by atoms with van der Waals surface area (Å²) in [6.07, 6.45) is 6.17. The van der Waals surface area contributed by atoms with Gasteiger partial charge in [-0.3, -0.25) is 4.57 Å². The van der Waals surface area contributed by atoms with Gasteiger partial charge in [-0.25, -0.2) is 9.78 Å². The van der Waals surface area contributed by atoms with E-state index in [1.165, 1.54) is 0 Å². The molecule has 0 amide bonds. The van der Waals surface area contributed by atoms with Crippen LogP contribution in [-0.2, 0) is 16.0 Å². The van der Waals surface area contributed by atoms with Crippen molar-refractivity contribution in [1.29, 1.82) is 0 Å². The van der Waals surface area contributed by atoms with Crippen molar-refractivity contribution in [3.05, 3.63) is 51.9 Å². The molecule has 1 atom stereocenters. The van der Waals surface area contributed by atoms with Crippen molar-refractivity contribution in [2.24, 2.45) is 0 Å². The number of fused-ring (bicyclic) bond motifs is 3. The van der Waals surface area contributed by atoms with Crippen LogP contribution in [0, 0.1) is 0 Å². The summed E-state index contributed by atoms with van der Waals surface area (Å²) in [5.74, 6) is 0.806. The maximum absolute atomic E-state index is 12.5. The highest BCUT2D eigenvalue weighted by Gasteiger charge is 2.26. The van der Waals surface area contributed by atoms with Gasteiger partial charge in [0.1, 0.15) is 11.4 Å². The van der Waals surface area contributed by atoms with Crippen molar-refractivity contribution >= 4 is 33.7 Å². The summed E-state index contributed by atoms with van der Waals surface area (Å²) in [4.78, 5) is 22.9. The Balaban J connectivity index is 1.63. The van der Waals surface area contributed by atoms with E-state index in [9.17, 15) is 4.79 Å². The molecule has 0 radical (unpaired) electrons. The highest BCUT2D eigenvalue weighted by molar-refractivity contribution is 6.22. The standard InChI is InChI=1S/C17H15ClN4O3/c18-11-3-9(15-10(4-11)7-24-8-25-15)6-22-13-5-20-16-12(1-2-19-16)14(13)21-17(22)23/h1-3,5,11H,4,6-8H2,(H,19,20)(H,21,23). The Morgan fingerprint density at radius 2 is 2.36 bits per heavy atom. The summed E-state index contributed by atoms with van der Waals surface area (Å²) >= 11 is 6.36. The second-order valence-electron chi connectivity index (χ2n) is 6.23. The molecule has 1 aliphatic heterocycles. The lowest BCUT2D eigenvalue weighted by molar-refractivity contribution is -0.0352. The van der Waals surface area contributed by atoms with E-state index in [0.717, 1.165) is 39.0 Å². The Morgan fingerprint density at radius 3 is 3.28 bits per heavy atom. The van der Waals surface area contributed by atoms with Crippen LogP contribution in [0.5, 0.6) is 0 Å². The molecule has 5 rings (SSSR count). The molecule has 8 heteroatoms. The maximum atomic E-state index is 12.5. The number of nitrogens with zero attached hydrogens (tertiary/aromatic N) is 2. The Hall–Kier alpha value is -2.51. The zero-order valence-electron chi connectivity index (χ0n) is 13.2. The lowest BCUT2D eigenvalue weighted by Crippen LogP contribution is -2.25. The fourth-order valence-electron chi connectivity index (χ4n) is 3.56. The summed E-state index contributed by atoms with van der Waals surface area (Å²) in [6.45, 7) is 1.11. The fourth-order valence-corrected chi connectivity index (χ4v) is 3.90. The molecule has 0 bridgehead atoms. The third-order valence-corrected chi connectivity index (χ3v) is 4.94. The van der Waals surface area contributed by atoms with Gasteiger partial charge in [-0.05, 0) is 18.1 Å². The van der Waals surface area contributed by atoms with E-state index in [2.05, 4.69) is 15.0 Å². The van der Waals surface area contributed by atoms with Gasteiger partial charge in [-0.1, -0.05) is 6.08 Å². The number of halogens is 1. The Kier molecular flexibility index (Phi) is 3.26. The van der Waals surface area contributed by atoms with Crippen molar-refractivity contribution in [3.8, 4) is 0 Å². The van der Waals surface area contributed by atoms with Crippen molar-refractivity contribution in [2.45, 2.75) is 18.3 Å². The highest BCUT2D eigenvalue weighted by atomic mass is 35.5. The molecule has 3 aromatic rings. The fraction of sp³-hybridized carbons (Fsp3) is 0.294. The van der Waals surface area contributed by atoms with Crippen molar-refractivity contribution in [2.75, 3.05) is 13.4 Å². The van der Waals surface area contributed by atoms with Crippen LogP contribution in [0.4, 0.5) is 0 Å². The number of rotatable bonds is 2.